The van der Waals surface area contributed by atoms with E-state index < -0.39 is 0 Å². The lowest BCUT2D eigenvalue weighted by molar-refractivity contribution is -0.117. The maximum Gasteiger partial charge on any atom is 0.238 e. The Hall–Kier alpha value is -3.06. The number of amides is 2. The number of carbonyl (C=O) groups is 2. The van der Waals surface area contributed by atoms with Crippen molar-refractivity contribution < 1.29 is 19.1 Å². The average molecular weight is 355 g/mol. The van der Waals surface area contributed by atoms with E-state index in [1.165, 1.54) is 0 Å². The zero-order chi connectivity index (χ0) is 18.5. The molecule has 7 nitrogen and oxygen atoms in total. The van der Waals surface area contributed by atoms with Crippen LogP contribution in [0.4, 0.5) is 11.4 Å². The van der Waals surface area contributed by atoms with Gasteiger partial charge in [-0.2, -0.15) is 0 Å². The van der Waals surface area contributed by atoms with Crippen molar-refractivity contribution in [3.63, 3.8) is 0 Å². The van der Waals surface area contributed by atoms with Gasteiger partial charge in [0.1, 0.15) is 0 Å². The first kappa shape index (κ1) is 17.8. The van der Waals surface area contributed by atoms with Crippen molar-refractivity contribution in [2.24, 2.45) is 0 Å². The molecule has 26 heavy (non-hydrogen) atoms. The SMILES string of the molecule is CN(C)CC(=O)Nc1cccc(NC(=O)Cc2ccc3c(c2)OCO3)c1. The van der Waals surface area contributed by atoms with E-state index >= 15 is 0 Å². The van der Waals surface area contributed by atoms with Crippen LogP contribution in [-0.4, -0.2) is 44.1 Å². The number of hydrogen-bond donors (Lipinski definition) is 2. The molecule has 1 aliphatic rings. The molecule has 2 aromatic rings. The Labute approximate surface area is 151 Å². The largest absolute Gasteiger partial charge is 0.454 e. The van der Waals surface area contributed by atoms with Gasteiger partial charge in [-0.15, -0.1) is 0 Å². The van der Waals surface area contributed by atoms with Crippen molar-refractivity contribution in [1.82, 2.24) is 4.90 Å². The minimum Gasteiger partial charge on any atom is -0.454 e. The van der Waals surface area contributed by atoms with Crippen LogP contribution >= 0.6 is 0 Å². The molecule has 0 spiro atoms. The Morgan fingerprint density at radius 3 is 2.38 bits per heavy atom. The Morgan fingerprint density at radius 2 is 1.65 bits per heavy atom. The molecule has 0 radical (unpaired) electrons. The smallest absolute Gasteiger partial charge is 0.238 e. The maximum absolute atomic E-state index is 12.3. The summed E-state index contributed by atoms with van der Waals surface area (Å²) >= 11 is 0. The summed E-state index contributed by atoms with van der Waals surface area (Å²) in [7, 11) is 3.65. The molecule has 0 saturated carbocycles. The molecule has 0 aliphatic carbocycles. The van der Waals surface area contributed by atoms with Crippen molar-refractivity contribution in [3.05, 3.63) is 48.0 Å². The van der Waals surface area contributed by atoms with Gasteiger partial charge in [-0.1, -0.05) is 12.1 Å². The fourth-order valence-corrected chi connectivity index (χ4v) is 2.60. The second kappa shape index (κ2) is 7.88. The van der Waals surface area contributed by atoms with Crippen LogP contribution in [0, 0.1) is 0 Å². The van der Waals surface area contributed by atoms with Gasteiger partial charge in [0.2, 0.25) is 18.6 Å². The second-order valence-corrected chi connectivity index (χ2v) is 6.28. The highest BCUT2D eigenvalue weighted by Crippen LogP contribution is 2.32. The highest BCUT2D eigenvalue weighted by molar-refractivity contribution is 5.95. The maximum atomic E-state index is 12.3. The number of carbonyl (C=O) groups excluding carboxylic acids is 2. The van der Waals surface area contributed by atoms with Gasteiger partial charge in [-0.05, 0) is 50.0 Å². The molecule has 0 aromatic heterocycles. The summed E-state index contributed by atoms with van der Waals surface area (Å²) in [5.41, 5.74) is 2.10. The molecule has 0 fully saturated rings. The van der Waals surface area contributed by atoms with E-state index in [1.807, 2.05) is 20.2 Å². The van der Waals surface area contributed by atoms with Gasteiger partial charge < -0.3 is 25.0 Å². The molecule has 136 valence electrons. The number of nitrogens with zero attached hydrogens (tertiary/aromatic N) is 1. The number of likely N-dealkylation sites (N-methyl/N-ethyl adjacent to an activating group) is 1. The zero-order valence-electron chi connectivity index (χ0n) is 14.7. The van der Waals surface area contributed by atoms with E-state index in [0.29, 0.717) is 29.4 Å². The summed E-state index contributed by atoms with van der Waals surface area (Å²) in [6.45, 7) is 0.498. The van der Waals surface area contributed by atoms with E-state index in [4.69, 9.17) is 9.47 Å². The van der Waals surface area contributed by atoms with E-state index in [-0.39, 0.29) is 25.0 Å². The van der Waals surface area contributed by atoms with Crippen LogP contribution in [0.25, 0.3) is 0 Å². The third-order valence-corrected chi connectivity index (χ3v) is 3.69. The molecule has 0 saturated heterocycles. The normalized spacial score (nSPS) is 12.1. The molecule has 0 bridgehead atoms. The molecule has 1 heterocycles. The summed E-state index contributed by atoms with van der Waals surface area (Å²) in [5.74, 6) is 1.08. The fourth-order valence-electron chi connectivity index (χ4n) is 2.60. The molecule has 0 atom stereocenters. The minimum absolute atomic E-state index is 0.112. The molecular weight excluding hydrogens is 334 g/mol. The van der Waals surface area contributed by atoms with E-state index in [9.17, 15) is 9.59 Å². The Kier molecular flexibility index (Phi) is 5.38. The topological polar surface area (TPSA) is 79.9 Å². The summed E-state index contributed by atoms with van der Waals surface area (Å²) in [5, 5.41) is 5.64. The van der Waals surface area contributed by atoms with Gasteiger partial charge in [-0.25, -0.2) is 0 Å². The second-order valence-electron chi connectivity index (χ2n) is 6.28. The highest BCUT2D eigenvalue weighted by atomic mass is 16.7. The first-order valence-electron chi connectivity index (χ1n) is 8.22. The first-order chi connectivity index (χ1) is 12.5. The summed E-state index contributed by atoms with van der Waals surface area (Å²) < 4.78 is 10.6. The standard InChI is InChI=1S/C19H21N3O4/c1-22(2)11-19(24)21-15-5-3-4-14(10-15)20-18(23)9-13-6-7-16-17(8-13)26-12-25-16/h3-8,10H,9,11-12H2,1-2H3,(H,20,23)(H,21,24). The van der Waals surface area contributed by atoms with Crippen LogP contribution in [-0.2, 0) is 16.0 Å². The van der Waals surface area contributed by atoms with Gasteiger partial charge in [0.15, 0.2) is 11.5 Å². The van der Waals surface area contributed by atoms with Crippen LogP contribution in [0.2, 0.25) is 0 Å². The van der Waals surface area contributed by atoms with Crippen LogP contribution < -0.4 is 20.1 Å². The first-order valence-corrected chi connectivity index (χ1v) is 8.22. The quantitative estimate of drug-likeness (QED) is 0.829. The van der Waals surface area contributed by atoms with Crippen LogP contribution in [0.1, 0.15) is 5.56 Å². The highest BCUT2D eigenvalue weighted by Gasteiger charge is 2.14. The van der Waals surface area contributed by atoms with E-state index in [2.05, 4.69) is 10.6 Å². The number of rotatable bonds is 6. The predicted octanol–water partition coefficient (Wildman–Crippen LogP) is 2.10. The molecule has 3 rings (SSSR count). The lowest BCUT2D eigenvalue weighted by atomic mass is 10.1. The lowest BCUT2D eigenvalue weighted by Crippen LogP contribution is -2.27. The number of anilines is 2. The zero-order valence-corrected chi connectivity index (χ0v) is 14.7. The van der Waals surface area contributed by atoms with Crippen molar-refractivity contribution in [3.8, 4) is 11.5 Å². The van der Waals surface area contributed by atoms with Crippen LogP contribution in [0.3, 0.4) is 0 Å². The molecule has 1 aliphatic heterocycles. The van der Waals surface area contributed by atoms with Crippen molar-refractivity contribution in [2.75, 3.05) is 38.1 Å². The van der Waals surface area contributed by atoms with Gasteiger partial charge in [0, 0.05) is 11.4 Å². The third kappa shape index (κ3) is 4.73. The van der Waals surface area contributed by atoms with E-state index in [1.54, 1.807) is 41.3 Å². The molecular formula is C19H21N3O4. The summed E-state index contributed by atoms with van der Waals surface area (Å²) in [6.07, 6.45) is 0.216. The van der Waals surface area contributed by atoms with Gasteiger partial charge in [-0.3, -0.25) is 9.59 Å². The minimum atomic E-state index is -0.152. The van der Waals surface area contributed by atoms with Gasteiger partial charge in [0.05, 0.1) is 13.0 Å². The number of hydrogen-bond acceptors (Lipinski definition) is 5. The Bertz CT molecular complexity index is 820. The Balaban J connectivity index is 1.59. The number of benzene rings is 2. The van der Waals surface area contributed by atoms with Crippen molar-refractivity contribution in [2.45, 2.75) is 6.42 Å². The average Bonchev–Trinajstić information content (AvgIpc) is 3.01. The Morgan fingerprint density at radius 1 is 0.962 bits per heavy atom. The lowest BCUT2D eigenvalue weighted by Gasteiger charge is -2.11. The molecule has 2 amide bonds. The van der Waals surface area contributed by atoms with E-state index in [0.717, 1.165) is 5.56 Å². The third-order valence-electron chi connectivity index (χ3n) is 3.69. The van der Waals surface area contributed by atoms with Gasteiger partial charge in [0.25, 0.3) is 0 Å². The monoisotopic (exact) mass is 355 g/mol. The van der Waals surface area contributed by atoms with Crippen molar-refractivity contribution >= 4 is 23.2 Å². The molecule has 2 N–H and O–H groups in total. The fraction of sp³-hybridized carbons (Fsp3) is 0.263. The van der Waals surface area contributed by atoms with Crippen LogP contribution in [0.15, 0.2) is 42.5 Å². The van der Waals surface area contributed by atoms with Crippen molar-refractivity contribution in [1.29, 1.82) is 0 Å². The molecule has 7 heteroatoms. The summed E-state index contributed by atoms with van der Waals surface area (Å²) in [6, 6.07) is 12.5. The number of nitrogens with one attached hydrogen (secondary N) is 2. The predicted molar refractivity (Wildman–Crippen MR) is 98.5 cm³/mol. The van der Waals surface area contributed by atoms with Gasteiger partial charge >= 0.3 is 0 Å². The number of fused-ring (bicyclic) bond motifs is 1. The van der Waals surface area contributed by atoms with Crippen LogP contribution in [0.5, 0.6) is 11.5 Å². The summed E-state index contributed by atoms with van der Waals surface area (Å²) in [4.78, 5) is 25.9. The molecule has 0 unspecified atom stereocenters. The molecule has 2 aromatic carbocycles. The number of ether oxygens (including phenoxy) is 2.